The third-order valence-electron chi connectivity index (χ3n) is 7.36. The van der Waals surface area contributed by atoms with Crippen LogP contribution >= 0.6 is 0 Å². The van der Waals surface area contributed by atoms with E-state index in [0.29, 0.717) is 41.0 Å². The van der Waals surface area contributed by atoms with Gasteiger partial charge in [-0.05, 0) is 91.9 Å². The summed E-state index contributed by atoms with van der Waals surface area (Å²) in [5.41, 5.74) is 2.90. The second-order valence-electron chi connectivity index (χ2n) is 10.1. The van der Waals surface area contributed by atoms with Gasteiger partial charge in [0.1, 0.15) is 30.0 Å². The summed E-state index contributed by atoms with van der Waals surface area (Å²) in [7, 11) is 0. The number of likely N-dealkylation sites (tertiary alicyclic amines) is 1. The smallest absolute Gasteiger partial charge is 0.187 e. The van der Waals surface area contributed by atoms with Crippen LogP contribution in [0.15, 0.2) is 54.6 Å². The van der Waals surface area contributed by atoms with E-state index in [1.165, 1.54) is 12.5 Å². The molecule has 0 radical (unpaired) electrons. The van der Waals surface area contributed by atoms with Crippen LogP contribution in [0.25, 0.3) is 11.1 Å². The standard InChI is InChI=1S/C30H31F2NO4/c1-17-10-11-33(15-17)18(2)16-36-23-7-4-20(5-8-23)30-28(21-12-25(31)29(35)26(32)13-21)19(3)24-14-22(34)6-9-27(24)37-30/h4-9,12-14,17-18,30,34-35H,10-11,15-16H2,1-3H3. The Morgan fingerprint density at radius 2 is 1.76 bits per heavy atom. The van der Waals surface area contributed by atoms with Crippen LogP contribution in [-0.4, -0.2) is 40.9 Å². The molecule has 194 valence electrons. The molecule has 2 heterocycles. The van der Waals surface area contributed by atoms with Crippen molar-refractivity contribution in [2.45, 2.75) is 39.3 Å². The van der Waals surface area contributed by atoms with Crippen LogP contribution in [0, 0.1) is 17.6 Å². The Morgan fingerprint density at radius 1 is 1.05 bits per heavy atom. The molecule has 2 aliphatic rings. The molecule has 0 saturated carbocycles. The molecule has 0 aromatic heterocycles. The molecular formula is C30H31F2NO4. The number of halogens is 2. The Bertz CT molecular complexity index is 1310. The van der Waals surface area contributed by atoms with Crippen LogP contribution in [0.5, 0.6) is 23.0 Å². The molecule has 1 fully saturated rings. The summed E-state index contributed by atoms with van der Waals surface area (Å²) < 4.78 is 41.0. The molecule has 5 nitrogen and oxygen atoms in total. The van der Waals surface area contributed by atoms with Crippen LogP contribution in [0.4, 0.5) is 8.78 Å². The van der Waals surface area contributed by atoms with Gasteiger partial charge in [-0.2, -0.15) is 0 Å². The second-order valence-corrected chi connectivity index (χ2v) is 10.1. The van der Waals surface area contributed by atoms with Gasteiger partial charge < -0.3 is 19.7 Å². The molecular weight excluding hydrogens is 476 g/mol. The lowest BCUT2D eigenvalue weighted by atomic mass is 9.86. The van der Waals surface area contributed by atoms with Crippen molar-refractivity contribution in [3.8, 4) is 23.0 Å². The predicted octanol–water partition coefficient (Wildman–Crippen LogP) is 6.55. The first-order valence-corrected chi connectivity index (χ1v) is 12.6. The van der Waals surface area contributed by atoms with Crippen molar-refractivity contribution in [1.82, 2.24) is 4.90 Å². The SMILES string of the molecule is CC1=C(c2cc(F)c(O)c(F)c2)C(c2ccc(OCC(C)N3CCC(C)C3)cc2)Oc2ccc(O)cc21. The van der Waals surface area contributed by atoms with E-state index in [-0.39, 0.29) is 11.3 Å². The highest BCUT2D eigenvalue weighted by Gasteiger charge is 2.31. The number of hydrogen-bond acceptors (Lipinski definition) is 5. The zero-order valence-electron chi connectivity index (χ0n) is 21.2. The molecule has 3 unspecified atom stereocenters. The van der Waals surface area contributed by atoms with Gasteiger partial charge in [0.25, 0.3) is 0 Å². The summed E-state index contributed by atoms with van der Waals surface area (Å²) in [6.07, 6.45) is 0.548. The summed E-state index contributed by atoms with van der Waals surface area (Å²) >= 11 is 0. The van der Waals surface area contributed by atoms with Gasteiger partial charge in [0, 0.05) is 23.7 Å². The number of phenolic OH excluding ortho intramolecular Hbond substituents is 2. The molecule has 3 aromatic rings. The van der Waals surface area contributed by atoms with E-state index in [1.54, 1.807) is 12.1 Å². The summed E-state index contributed by atoms with van der Waals surface area (Å²) in [5.74, 6) is -1.07. The minimum Gasteiger partial charge on any atom is -0.508 e. The molecule has 0 amide bonds. The van der Waals surface area contributed by atoms with Gasteiger partial charge in [-0.1, -0.05) is 19.1 Å². The number of rotatable bonds is 6. The molecule has 2 aliphatic heterocycles. The van der Waals surface area contributed by atoms with E-state index in [4.69, 9.17) is 9.47 Å². The minimum absolute atomic E-state index is 0.0571. The normalized spacial score (nSPS) is 20.5. The average molecular weight is 508 g/mol. The molecule has 7 heteroatoms. The fourth-order valence-electron chi connectivity index (χ4n) is 5.20. The van der Waals surface area contributed by atoms with E-state index >= 15 is 0 Å². The van der Waals surface area contributed by atoms with E-state index < -0.39 is 23.5 Å². The Morgan fingerprint density at radius 3 is 2.41 bits per heavy atom. The molecule has 2 N–H and O–H groups in total. The van der Waals surface area contributed by atoms with Gasteiger partial charge in [-0.25, -0.2) is 8.78 Å². The fraction of sp³-hybridized carbons (Fsp3) is 0.333. The summed E-state index contributed by atoms with van der Waals surface area (Å²) in [4.78, 5) is 2.44. The summed E-state index contributed by atoms with van der Waals surface area (Å²) in [6.45, 7) is 9.03. The number of aromatic hydroxyl groups is 2. The van der Waals surface area contributed by atoms with Crippen LogP contribution in [0.3, 0.4) is 0 Å². The molecule has 5 rings (SSSR count). The number of allylic oxidation sites excluding steroid dienone is 1. The zero-order chi connectivity index (χ0) is 26.3. The Labute approximate surface area is 215 Å². The van der Waals surface area contributed by atoms with E-state index in [0.717, 1.165) is 36.5 Å². The fourth-order valence-corrected chi connectivity index (χ4v) is 5.20. The highest BCUT2D eigenvalue weighted by Crippen LogP contribution is 2.48. The van der Waals surface area contributed by atoms with Gasteiger partial charge in [-0.15, -0.1) is 0 Å². The van der Waals surface area contributed by atoms with Gasteiger partial charge in [-0.3, -0.25) is 4.90 Å². The Hall–Kier alpha value is -3.58. The third-order valence-corrected chi connectivity index (χ3v) is 7.36. The van der Waals surface area contributed by atoms with Crippen LogP contribution in [0.2, 0.25) is 0 Å². The van der Waals surface area contributed by atoms with Crippen molar-refractivity contribution in [3.63, 3.8) is 0 Å². The lowest BCUT2D eigenvalue weighted by molar-refractivity contribution is 0.169. The van der Waals surface area contributed by atoms with Crippen molar-refractivity contribution in [2.75, 3.05) is 19.7 Å². The van der Waals surface area contributed by atoms with E-state index in [1.807, 2.05) is 31.2 Å². The van der Waals surface area contributed by atoms with Crippen LogP contribution < -0.4 is 9.47 Å². The third kappa shape index (κ3) is 5.01. The maximum Gasteiger partial charge on any atom is 0.187 e. The summed E-state index contributed by atoms with van der Waals surface area (Å²) in [6, 6.07) is 14.8. The van der Waals surface area contributed by atoms with Crippen molar-refractivity contribution >= 4 is 11.1 Å². The molecule has 3 atom stereocenters. The highest BCUT2D eigenvalue weighted by molar-refractivity contribution is 5.95. The van der Waals surface area contributed by atoms with Gasteiger partial charge in [0.2, 0.25) is 0 Å². The topological polar surface area (TPSA) is 62.2 Å². The maximum atomic E-state index is 14.3. The second kappa shape index (κ2) is 10.1. The first kappa shape index (κ1) is 25.1. The van der Waals surface area contributed by atoms with Crippen LogP contribution in [0.1, 0.15) is 50.0 Å². The highest BCUT2D eigenvalue weighted by atomic mass is 19.1. The average Bonchev–Trinajstić information content (AvgIpc) is 3.32. The lowest BCUT2D eigenvalue weighted by Crippen LogP contribution is -2.35. The molecule has 0 aliphatic carbocycles. The minimum atomic E-state index is -1.05. The Kier molecular flexibility index (Phi) is 6.82. The van der Waals surface area contributed by atoms with Gasteiger partial charge in [0.05, 0.1) is 0 Å². The number of hydrogen-bond donors (Lipinski definition) is 2. The number of phenols is 2. The number of ether oxygens (including phenoxy) is 2. The van der Waals surface area contributed by atoms with Crippen molar-refractivity contribution in [2.24, 2.45) is 5.92 Å². The number of fused-ring (bicyclic) bond motifs is 1. The van der Waals surface area contributed by atoms with Crippen molar-refractivity contribution in [1.29, 1.82) is 0 Å². The first-order valence-electron chi connectivity index (χ1n) is 12.6. The molecule has 0 bridgehead atoms. The van der Waals surface area contributed by atoms with Gasteiger partial charge >= 0.3 is 0 Å². The molecule has 37 heavy (non-hydrogen) atoms. The molecule has 3 aromatic carbocycles. The van der Waals surface area contributed by atoms with Gasteiger partial charge in [0.15, 0.2) is 17.4 Å². The lowest BCUT2D eigenvalue weighted by Gasteiger charge is -2.31. The predicted molar refractivity (Wildman–Crippen MR) is 139 cm³/mol. The Balaban J connectivity index is 1.44. The number of nitrogens with zero attached hydrogens (tertiary/aromatic N) is 1. The first-order chi connectivity index (χ1) is 17.7. The monoisotopic (exact) mass is 507 g/mol. The quantitative estimate of drug-likeness (QED) is 0.396. The van der Waals surface area contributed by atoms with E-state index in [2.05, 4.69) is 18.7 Å². The van der Waals surface area contributed by atoms with Crippen LogP contribution in [-0.2, 0) is 0 Å². The van der Waals surface area contributed by atoms with Crippen molar-refractivity contribution < 1.29 is 28.5 Å². The maximum absolute atomic E-state index is 14.3. The van der Waals surface area contributed by atoms with Crippen molar-refractivity contribution in [3.05, 3.63) is 82.9 Å². The molecule has 0 spiro atoms. The summed E-state index contributed by atoms with van der Waals surface area (Å²) in [5, 5.41) is 19.7. The van der Waals surface area contributed by atoms with E-state index in [9.17, 15) is 19.0 Å². The number of benzene rings is 3. The molecule has 1 saturated heterocycles. The largest absolute Gasteiger partial charge is 0.508 e. The zero-order valence-corrected chi connectivity index (χ0v) is 21.2.